The number of nitrogens with zero attached hydrogens (tertiary/aromatic N) is 1. The summed E-state index contributed by atoms with van der Waals surface area (Å²) in [6.45, 7) is 2.03. The Kier molecular flexibility index (Phi) is 19.1. The fraction of sp³-hybridized carbons (Fsp3) is 0.222. The van der Waals surface area contributed by atoms with Gasteiger partial charge in [0.05, 0.1) is 0 Å². The van der Waals surface area contributed by atoms with Crippen LogP contribution >= 0.6 is 0 Å². The van der Waals surface area contributed by atoms with E-state index in [4.69, 9.17) is 4.42 Å². The Bertz CT molecular complexity index is 349. The van der Waals surface area contributed by atoms with Crippen molar-refractivity contribution in [2.45, 2.75) is 13.3 Å². The molecule has 0 amide bonds. The Morgan fingerprint density at radius 1 is 1.06 bits per heavy atom. The Balaban J connectivity index is -0.000000144. The van der Waals surface area contributed by atoms with Crippen molar-refractivity contribution in [2.75, 3.05) is 0 Å². The van der Waals surface area contributed by atoms with Crippen molar-refractivity contribution < 1.29 is 75.8 Å². The minimum Gasteiger partial charge on any atom is -1.00 e. The maximum atomic E-state index is 5.41. The molecule has 0 saturated carbocycles. The van der Waals surface area contributed by atoms with Crippen LogP contribution in [0.5, 0.6) is 0 Å². The van der Waals surface area contributed by atoms with E-state index in [1.807, 2.05) is 31.2 Å². The van der Waals surface area contributed by atoms with E-state index in [9.17, 15) is 0 Å². The summed E-state index contributed by atoms with van der Waals surface area (Å²) in [6.07, 6.45) is 0.856. The van der Waals surface area contributed by atoms with Gasteiger partial charge in [0.15, 0.2) is 11.5 Å². The Morgan fingerprint density at radius 2 is 1.62 bits per heavy atom. The normalized spacial score (nSPS) is 7.31. The van der Waals surface area contributed by atoms with Crippen molar-refractivity contribution in [1.29, 1.82) is 0 Å². The predicted molar refractivity (Wildman–Crippen MR) is 43.4 cm³/mol. The number of rotatable bonds is 1. The molecule has 0 aliphatic rings. The van der Waals surface area contributed by atoms with Crippen LogP contribution in [-0.4, -0.2) is 4.98 Å². The van der Waals surface area contributed by atoms with Crippen LogP contribution in [0.3, 0.4) is 0 Å². The summed E-state index contributed by atoms with van der Waals surface area (Å²) >= 11 is 0. The molecular weight excluding hydrogens is 328 g/mol. The standard InChI is InChI=1S/C9H9NO.4ClH.Ti/c1-2-9-10-7-5-3-4-6-8(7)11-9;;;;;/h3-6H,2H2,1H3;4*1H;/q;;;;;+4/p-4. The van der Waals surface area contributed by atoms with Crippen LogP contribution in [-0.2, 0) is 28.1 Å². The SMILES string of the molecule is CCc1nc2ccccc2o1.[Cl-].[Cl-].[Cl-].[Cl-].[Ti+4]. The minimum absolute atomic E-state index is 0. The Morgan fingerprint density at radius 3 is 2.12 bits per heavy atom. The second kappa shape index (κ2) is 12.0. The second-order valence-electron chi connectivity index (χ2n) is 2.43. The summed E-state index contributed by atoms with van der Waals surface area (Å²) in [4.78, 5) is 4.26. The topological polar surface area (TPSA) is 26.0 Å². The molecule has 7 heteroatoms. The first-order chi connectivity index (χ1) is 5.40. The van der Waals surface area contributed by atoms with E-state index >= 15 is 0 Å². The van der Waals surface area contributed by atoms with E-state index in [1.165, 1.54) is 0 Å². The zero-order valence-electron chi connectivity index (χ0n) is 8.38. The van der Waals surface area contributed by atoms with Crippen LogP contribution in [0.1, 0.15) is 12.8 Å². The van der Waals surface area contributed by atoms with Gasteiger partial charge in [-0.1, -0.05) is 19.1 Å². The summed E-state index contributed by atoms with van der Waals surface area (Å²) in [6, 6.07) is 7.80. The fourth-order valence-electron chi connectivity index (χ4n) is 1.07. The molecule has 0 bridgehead atoms. The van der Waals surface area contributed by atoms with Crippen LogP contribution in [0.25, 0.3) is 11.1 Å². The molecular formula is C9H9Cl4NOTi. The molecule has 0 fully saturated rings. The first-order valence-corrected chi connectivity index (χ1v) is 3.74. The maximum absolute atomic E-state index is 5.41. The van der Waals surface area contributed by atoms with Crippen LogP contribution in [0.15, 0.2) is 28.7 Å². The predicted octanol–water partition coefficient (Wildman–Crippen LogP) is -9.60. The molecule has 1 heterocycles. The Labute approximate surface area is 134 Å². The van der Waals surface area contributed by atoms with E-state index < -0.39 is 0 Å². The van der Waals surface area contributed by atoms with Gasteiger partial charge < -0.3 is 54.0 Å². The van der Waals surface area contributed by atoms with Gasteiger partial charge in [0.2, 0.25) is 0 Å². The number of oxazole rings is 1. The number of benzene rings is 1. The van der Waals surface area contributed by atoms with E-state index in [2.05, 4.69) is 4.98 Å². The summed E-state index contributed by atoms with van der Waals surface area (Å²) in [5, 5.41) is 0. The monoisotopic (exact) mass is 335 g/mol. The third kappa shape index (κ3) is 5.76. The number of para-hydroxylation sites is 2. The smallest absolute Gasteiger partial charge is 1.00 e. The van der Waals surface area contributed by atoms with Gasteiger partial charge in [-0.3, -0.25) is 0 Å². The van der Waals surface area contributed by atoms with Crippen molar-refractivity contribution in [3.05, 3.63) is 30.2 Å². The van der Waals surface area contributed by atoms with Crippen molar-refractivity contribution in [1.82, 2.24) is 4.98 Å². The number of hydrogen-bond donors (Lipinski definition) is 0. The number of halogens is 4. The molecule has 2 nitrogen and oxygen atoms in total. The molecule has 0 N–H and O–H groups in total. The molecule has 0 saturated heterocycles. The van der Waals surface area contributed by atoms with Gasteiger partial charge in [-0.05, 0) is 12.1 Å². The minimum atomic E-state index is 0. The second-order valence-corrected chi connectivity index (χ2v) is 2.43. The van der Waals surface area contributed by atoms with Gasteiger partial charge >= 0.3 is 21.7 Å². The first kappa shape index (κ1) is 25.4. The van der Waals surface area contributed by atoms with Crippen LogP contribution in [0.2, 0.25) is 0 Å². The van der Waals surface area contributed by atoms with E-state index in [0.717, 1.165) is 23.4 Å². The summed E-state index contributed by atoms with van der Waals surface area (Å²) < 4.78 is 5.41. The number of aromatic nitrogens is 1. The molecule has 0 aliphatic carbocycles. The van der Waals surface area contributed by atoms with Gasteiger partial charge in [0.1, 0.15) is 5.52 Å². The summed E-state index contributed by atoms with van der Waals surface area (Å²) in [5.41, 5.74) is 1.83. The zero-order valence-corrected chi connectivity index (χ0v) is 13.0. The van der Waals surface area contributed by atoms with Crippen molar-refractivity contribution >= 4 is 11.1 Å². The molecule has 0 atom stereocenters. The first-order valence-electron chi connectivity index (χ1n) is 3.74. The third-order valence-corrected chi connectivity index (χ3v) is 1.64. The number of fused-ring (bicyclic) bond motifs is 1. The average Bonchev–Trinajstić information content (AvgIpc) is 2.46. The molecule has 2 aromatic rings. The number of hydrogen-bond acceptors (Lipinski definition) is 2. The third-order valence-electron chi connectivity index (χ3n) is 1.64. The molecule has 0 aliphatic heterocycles. The molecule has 2 rings (SSSR count). The molecule has 0 radical (unpaired) electrons. The summed E-state index contributed by atoms with van der Waals surface area (Å²) in [7, 11) is 0. The quantitative estimate of drug-likeness (QED) is 0.484. The van der Waals surface area contributed by atoms with Gasteiger partial charge in [-0.2, -0.15) is 0 Å². The maximum Gasteiger partial charge on any atom is 4.00 e. The summed E-state index contributed by atoms with van der Waals surface area (Å²) in [5.74, 6) is 0.811. The molecule has 1 aromatic carbocycles. The van der Waals surface area contributed by atoms with Gasteiger partial charge in [-0.25, -0.2) is 4.98 Å². The van der Waals surface area contributed by atoms with E-state index in [0.29, 0.717) is 0 Å². The van der Waals surface area contributed by atoms with Crippen LogP contribution in [0, 0.1) is 0 Å². The average molecular weight is 337 g/mol. The molecule has 88 valence electrons. The largest absolute Gasteiger partial charge is 4.00 e. The van der Waals surface area contributed by atoms with Crippen LogP contribution < -0.4 is 49.6 Å². The Hall–Kier alpha value is 0.564. The van der Waals surface area contributed by atoms with Gasteiger partial charge in [0, 0.05) is 6.42 Å². The van der Waals surface area contributed by atoms with Crippen molar-refractivity contribution in [2.24, 2.45) is 0 Å². The molecule has 16 heavy (non-hydrogen) atoms. The van der Waals surface area contributed by atoms with E-state index in [1.54, 1.807) is 0 Å². The molecule has 1 aromatic heterocycles. The zero-order chi connectivity index (χ0) is 7.68. The van der Waals surface area contributed by atoms with E-state index in [-0.39, 0.29) is 71.3 Å². The van der Waals surface area contributed by atoms with Crippen LogP contribution in [0.4, 0.5) is 0 Å². The fourth-order valence-corrected chi connectivity index (χ4v) is 1.07. The van der Waals surface area contributed by atoms with Crippen molar-refractivity contribution in [3.63, 3.8) is 0 Å². The molecule has 0 unspecified atom stereocenters. The number of aryl methyl sites for hydroxylation is 1. The molecule has 0 spiro atoms. The van der Waals surface area contributed by atoms with Gasteiger partial charge in [0.25, 0.3) is 0 Å². The van der Waals surface area contributed by atoms with Gasteiger partial charge in [-0.15, -0.1) is 0 Å². The van der Waals surface area contributed by atoms with Crippen molar-refractivity contribution in [3.8, 4) is 0 Å².